The van der Waals surface area contributed by atoms with Gasteiger partial charge in [0.2, 0.25) is 0 Å². The highest BCUT2D eigenvalue weighted by atomic mass is 32.2. The summed E-state index contributed by atoms with van der Waals surface area (Å²) in [5.41, 5.74) is 5.28. The Kier molecular flexibility index (Phi) is 5.71. The van der Waals surface area contributed by atoms with Gasteiger partial charge < -0.3 is 0 Å². The van der Waals surface area contributed by atoms with Crippen LogP contribution in [0.15, 0.2) is 52.2 Å². The number of hydrogen-bond donors (Lipinski definition) is 1. The zero-order valence-corrected chi connectivity index (χ0v) is 18.9. The van der Waals surface area contributed by atoms with Crippen molar-refractivity contribution >= 4 is 15.7 Å². The second kappa shape index (κ2) is 8.30. The van der Waals surface area contributed by atoms with E-state index in [1.807, 2.05) is 44.2 Å². The number of nitrogens with zero attached hydrogens (tertiary/aromatic N) is 2. The van der Waals surface area contributed by atoms with Gasteiger partial charge in [0, 0.05) is 18.2 Å². The fourth-order valence-corrected chi connectivity index (χ4v) is 5.69. The van der Waals surface area contributed by atoms with Gasteiger partial charge in [-0.3, -0.25) is 9.52 Å². The average molecular weight is 438 g/mol. The molecule has 1 heterocycles. The molecule has 0 atom stereocenters. The molecule has 7 heteroatoms. The van der Waals surface area contributed by atoms with Crippen molar-refractivity contribution in [2.24, 2.45) is 7.05 Å². The van der Waals surface area contributed by atoms with Crippen LogP contribution >= 0.6 is 0 Å². The first-order chi connectivity index (χ1) is 14.8. The second-order valence-corrected chi connectivity index (χ2v) is 9.69. The second-order valence-electron chi connectivity index (χ2n) is 8.04. The zero-order chi connectivity index (χ0) is 22.2. The molecule has 0 bridgehead atoms. The van der Waals surface area contributed by atoms with Gasteiger partial charge in [-0.1, -0.05) is 37.3 Å². The summed E-state index contributed by atoms with van der Waals surface area (Å²) in [4.78, 5) is 12.8. The van der Waals surface area contributed by atoms with E-state index in [1.165, 1.54) is 4.68 Å². The third-order valence-corrected chi connectivity index (χ3v) is 7.40. The maximum atomic E-state index is 13.3. The fourth-order valence-electron chi connectivity index (χ4n) is 4.22. The normalized spacial score (nSPS) is 13.6. The van der Waals surface area contributed by atoms with Gasteiger partial charge in [-0.05, 0) is 67.9 Å². The number of aromatic nitrogens is 2. The molecule has 0 fully saturated rings. The Morgan fingerprint density at radius 3 is 2.48 bits per heavy atom. The minimum atomic E-state index is -3.79. The van der Waals surface area contributed by atoms with E-state index in [9.17, 15) is 13.2 Å². The molecule has 6 nitrogen and oxygen atoms in total. The number of rotatable bonds is 5. The van der Waals surface area contributed by atoms with Gasteiger partial charge in [0.1, 0.15) is 0 Å². The summed E-state index contributed by atoms with van der Waals surface area (Å²) in [7, 11) is -2.14. The van der Waals surface area contributed by atoms with Crippen LogP contribution in [0.1, 0.15) is 42.0 Å². The van der Waals surface area contributed by atoms with Crippen LogP contribution in [0.3, 0.4) is 0 Å². The summed E-state index contributed by atoms with van der Waals surface area (Å²) >= 11 is 0. The van der Waals surface area contributed by atoms with Crippen LogP contribution in [-0.2, 0) is 36.3 Å². The van der Waals surface area contributed by atoms with Gasteiger partial charge in [-0.15, -0.1) is 0 Å². The summed E-state index contributed by atoms with van der Waals surface area (Å²) in [6.45, 7) is 3.81. The molecular formula is C24H27N3O3S. The van der Waals surface area contributed by atoms with Gasteiger partial charge in [-0.25, -0.2) is 13.1 Å². The summed E-state index contributed by atoms with van der Waals surface area (Å²) < 4.78 is 30.8. The zero-order valence-electron chi connectivity index (χ0n) is 18.1. The number of sulfonamides is 1. The fraction of sp³-hybridized carbons (Fsp3) is 0.333. The molecule has 0 spiro atoms. The molecule has 0 amide bonds. The van der Waals surface area contributed by atoms with Crippen molar-refractivity contribution in [2.75, 3.05) is 4.72 Å². The Morgan fingerprint density at radius 1 is 1.06 bits per heavy atom. The van der Waals surface area contributed by atoms with Crippen LogP contribution in [-0.4, -0.2) is 18.2 Å². The third-order valence-electron chi connectivity index (χ3n) is 5.96. The lowest BCUT2D eigenvalue weighted by molar-refractivity contribution is 0.600. The molecule has 2 aromatic carbocycles. The summed E-state index contributed by atoms with van der Waals surface area (Å²) in [6, 6.07) is 12.8. The lowest BCUT2D eigenvalue weighted by atomic mass is 9.89. The van der Waals surface area contributed by atoms with Crippen LogP contribution in [0.2, 0.25) is 0 Å². The Balaban J connectivity index is 1.85. The van der Waals surface area contributed by atoms with Crippen molar-refractivity contribution < 1.29 is 8.42 Å². The Morgan fingerprint density at radius 2 is 1.77 bits per heavy atom. The Labute approximate surface area is 183 Å². The van der Waals surface area contributed by atoms with E-state index in [1.54, 1.807) is 19.2 Å². The minimum absolute atomic E-state index is 0.0577. The molecular weight excluding hydrogens is 410 g/mol. The van der Waals surface area contributed by atoms with Crippen LogP contribution in [0.5, 0.6) is 0 Å². The highest BCUT2D eigenvalue weighted by Crippen LogP contribution is 2.31. The first kappa shape index (κ1) is 21.3. The van der Waals surface area contributed by atoms with Crippen LogP contribution < -0.4 is 10.3 Å². The van der Waals surface area contributed by atoms with E-state index in [-0.39, 0.29) is 10.5 Å². The van der Waals surface area contributed by atoms with Gasteiger partial charge >= 0.3 is 0 Å². The van der Waals surface area contributed by atoms with Crippen molar-refractivity contribution in [3.63, 3.8) is 0 Å². The molecule has 0 saturated carbocycles. The topological polar surface area (TPSA) is 81.1 Å². The molecule has 0 aliphatic heterocycles. The van der Waals surface area contributed by atoms with Crippen LogP contribution in [0, 0.1) is 6.92 Å². The average Bonchev–Trinajstić information content (AvgIpc) is 2.77. The molecule has 1 aromatic heterocycles. The number of hydrogen-bond acceptors (Lipinski definition) is 4. The SMILES string of the molecule is CCc1ccc(-c2nn(C)c(=O)c3c2CCCC3)cc1S(=O)(=O)Nc1ccccc1C. The smallest absolute Gasteiger partial charge is 0.269 e. The van der Waals surface area contributed by atoms with E-state index >= 15 is 0 Å². The summed E-state index contributed by atoms with van der Waals surface area (Å²) in [5.74, 6) is 0. The Hall–Kier alpha value is -2.93. The molecule has 4 rings (SSSR count). The molecule has 0 unspecified atom stereocenters. The van der Waals surface area contributed by atoms with Crippen molar-refractivity contribution in [1.29, 1.82) is 0 Å². The number of nitrogens with one attached hydrogen (secondary N) is 1. The molecule has 3 aromatic rings. The van der Waals surface area contributed by atoms with Crippen molar-refractivity contribution in [3.05, 3.63) is 75.1 Å². The quantitative estimate of drug-likeness (QED) is 0.654. The standard InChI is InChI=1S/C24H27N3O3S/c1-4-17-13-14-18(23-19-10-6-7-11-20(19)24(28)27(3)25-23)15-22(17)31(29,30)26-21-12-8-5-9-16(21)2/h5,8-9,12-15,26H,4,6-7,10-11H2,1-3H3. The highest BCUT2D eigenvalue weighted by Gasteiger charge is 2.24. The number of fused-ring (bicyclic) bond motifs is 1. The van der Waals surface area contributed by atoms with Crippen molar-refractivity contribution in [3.8, 4) is 11.3 Å². The van der Waals surface area contributed by atoms with Crippen molar-refractivity contribution in [2.45, 2.75) is 50.8 Å². The summed E-state index contributed by atoms with van der Waals surface area (Å²) in [6.07, 6.45) is 4.10. The first-order valence-electron chi connectivity index (χ1n) is 10.6. The largest absolute Gasteiger partial charge is 0.279 e. The molecule has 0 radical (unpaired) electrons. The molecule has 31 heavy (non-hydrogen) atoms. The van der Waals surface area contributed by atoms with Gasteiger partial charge in [0.15, 0.2) is 0 Å². The maximum Gasteiger partial charge on any atom is 0.269 e. The number of benzene rings is 2. The predicted molar refractivity (Wildman–Crippen MR) is 123 cm³/mol. The molecule has 0 saturated heterocycles. The number of para-hydroxylation sites is 1. The monoisotopic (exact) mass is 437 g/mol. The van der Waals surface area contributed by atoms with E-state index in [4.69, 9.17) is 0 Å². The first-order valence-corrected chi connectivity index (χ1v) is 12.1. The number of aryl methyl sites for hydroxylation is 3. The van der Waals surface area contributed by atoms with E-state index < -0.39 is 10.0 Å². The third kappa shape index (κ3) is 4.02. The highest BCUT2D eigenvalue weighted by molar-refractivity contribution is 7.92. The molecule has 162 valence electrons. The molecule has 1 aliphatic rings. The molecule has 1 N–H and O–H groups in total. The van der Waals surface area contributed by atoms with E-state index in [0.29, 0.717) is 17.8 Å². The van der Waals surface area contributed by atoms with Crippen LogP contribution in [0.25, 0.3) is 11.3 Å². The lowest BCUT2D eigenvalue weighted by Crippen LogP contribution is -2.28. The van der Waals surface area contributed by atoms with Gasteiger partial charge in [0.25, 0.3) is 15.6 Å². The Bertz CT molecular complexity index is 1310. The van der Waals surface area contributed by atoms with Crippen LogP contribution in [0.4, 0.5) is 5.69 Å². The lowest BCUT2D eigenvalue weighted by Gasteiger charge is -2.20. The van der Waals surface area contributed by atoms with Gasteiger partial charge in [-0.2, -0.15) is 5.10 Å². The van der Waals surface area contributed by atoms with Gasteiger partial charge in [0.05, 0.1) is 16.3 Å². The minimum Gasteiger partial charge on any atom is -0.279 e. The summed E-state index contributed by atoms with van der Waals surface area (Å²) in [5, 5.41) is 4.52. The van der Waals surface area contributed by atoms with Crippen molar-refractivity contribution in [1.82, 2.24) is 9.78 Å². The number of anilines is 1. The maximum absolute atomic E-state index is 13.3. The predicted octanol–water partition coefficient (Wildman–Crippen LogP) is 4.00. The van der Waals surface area contributed by atoms with E-state index in [0.717, 1.165) is 53.5 Å². The van der Waals surface area contributed by atoms with E-state index in [2.05, 4.69) is 9.82 Å². The molecule has 1 aliphatic carbocycles.